The number of rotatable bonds is 4. The molecule has 0 saturated heterocycles. The molecule has 1 aromatic rings. The Hall–Kier alpha value is -0.410. The molecule has 1 heterocycles. The maximum Gasteiger partial charge on any atom is 0.106 e. The van der Waals surface area contributed by atoms with Crippen LogP contribution in [0, 0.1) is 5.92 Å². The zero-order valence-electron chi connectivity index (χ0n) is 7.46. The van der Waals surface area contributed by atoms with Gasteiger partial charge >= 0.3 is 0 Å². The number of halogens is 1. The number of hydrogen-bond donors (Lipinski definition) is 1. The lowest BCUT2D eigenvalue weighted by atomic mass is 10.3. The number of nitrogens with zero attached hydrogens (tertiary/aromatic N) is 1. The van der Waals surface area contributed by atoms with Crippen LogP contribution in [0.25, 0.3) is 0 Å². The van der Waals surface area contributed by atoms with Gasteiger partial charge in [-0.3, -0.25) is 0 Å². The Morgan fingerprint density at radius 1 is 1.46 bits per heavy atom. The minimum Gasteiger partial charge on any atom is -0.312 e. The fourth-order valence-electron chi connectivity index (χ4n) is 1.25. The Morgan fingerprint density at radius 2 is 2.31 bits per heavy atom. The molecule has 0 aliphatic heterocycles. The lowest BCUT2D eigenvalue weighted by Gasteiger charge is -2.02. The molecule has 2 nitrogen and oxygen atoms in total. The third kappa shape index (κ3) is 3.08. The molecule has 13 heavy (non-hydrogen) atoms. The highest BCUT2D eigenvalue weighted by molar-refractivity contribution is 9.10. The second-order valence-corrected chi connectivity index (χ2v) is 4.38. The highest BCUT2D eigenvalue weighted by Gasteiger charge is 2.19. The van der Waals surface area contributed by atoms with E-state index in [2.05, 4.69) is 32.3 Å². The van der Waals surface area contributed by atoms with Gasteiger partial charge in [-0.25, -0.2) is 4.98 Å². The van der Waals surface area contributed by atoms with Gasteiger partial charge < -0.3 is 5.32 Å². The summed E-state index contributed by atoms with van der Waals surface area (Å²) >= 11 is 3.32. The highest BCUT2D eigenvalue weighted by atomic mass is 79.9. The van der Waals surface area contributed by atoms with Crippen molar-refractivity contribution in [3.05, 3.63) is 28.5 Å². The van der Waals surface area contributed by atoms with Crippen molar-refractivity contribution in [1.82, 2.24) is 10.3 Å². The fourth-order valence-corrected chi connectivity index (χ4v) is 1.49. The van der Waals surface area contributed by atoms with Crippen molar-refractivity contribution >= 4 is 15.9 Å². The van der Waals surface area contributed by atoms with E-state index >= 15 is 0 Å². The Labute approximate surface area is 86.9 Å². The molecular formula is C10H13BrN2. The number of nitrogens with one attached hydrogen (secondary N) is 1. The normalized spacial score (nSPS) is 16.1. The van der Waals surface area contributed by atoms with E-state index in [0.717, 1.165) is 23.6 Å². The van der Waals surface area contributed by atoms with Crippen LogP contribution in [0.5, 0.6) is 0 Å². The summed E-state index contributed by atoms with van der Waals surface area (Å²) in [5.74, 6) is 0.948. The molecule has 3 heteroatoms. The van der Waals surface area contributed by atoms with Gasteiger partial charge in [-0.2, -0.15) is 0 Å². The van der Waals surface area contributed by atoms with Crippen molar-refractivity contribution in [2.75, 3.05) is 6.54 Å². The molecule has 1 fully saturated rings. The average Bonchev–Trinajstić information content (AvgIpc) is 2.92. The van der Waals surface area contributed by atoms with Crippen molar-refractivity contribution in [2.24, 2.45) is 5.92 Å². The molecular weight excluding hydrogens is 228 g/mol. The Balaban J connectivity index is 1.76. The molecule has 1 aliphatic rings. The summed E-state index contributed by atoms with van der Waals surface area (Å²) in [6, 6.07) is 4.07. The van der Waals surface area contributed by atoms with Gasteiger partial charge in [0.05, 0.1) is 0 Å². The van der Waals surface area contributed by atoms with Crippen molar-refractivity contribution in [1.29, 1.82) is 0 Å². The van der Waals surface area contributed by atoms with Crippen molar-refractivity contribution in [3.8, 4) is 0 Å². The zero-order valence-corrected chi connectivity index (χ0v) is 9.05. The van der Waals surface area contributed by atoms with E-state index in [0.29, 0.717) is 0 Å². The molecule has 1 N–H and O–H groups in total. The van der Waals surface area contributed by atoms with Crippen LogP contribution in [0.1, 0.15) is 18.4 Å². The van der Waals surface area contributed by atoms with E-state index in [-0.39, 0.29) is 0 Å². The Bertz CT molecular complexity index is 267. The minimum absolute atomic E-state index is 0.901. The van der Waals surface area contributed by atoms with Crippen LogP contribution < -0.4 is 5.32 Å². The summed E-state index contributed by atoms with van der Waals surface area (Å²) in [6.07, 6.45) is 4.72. The second-order valence-electron chi connectivity index (χ2n) is 3.56. The lowest BCUT2D eigenvalue weighted by Crippen LogP contribution is -2.16. The third-order valence-corrected chi connectivity index (χ3v) is 2.72. The third-order valence-electron chi connectivity index (χ3n) is 2.25. The van der Waals surface area contributed by atoms with Gasteiger partial charge in [0.1, 0.15) is 4.60 Å². The molecule has 1 aliphatic carbocycles. The van der Waals surface area contributed by atoms with E-state index < -0.39 is 0 Å². The van der Waals surface area contributed by atoms with Crippen LogP contribution in [0.2, 0.25) is 0 Å². The van der Waals surface area contributed by atoms with Crippen LogP contribution in [-0.4, -0.2) is 11.5 Å². The average molecular weight is 241 g/mol. The predicted molar refractivity (Wildman–Crippen MR) is 56.4 cm³/mol. The fraction of sp³-hybridized carbons (Fsp3) is 0.500. The lowest BCUT2D eigenvalue weighted by molar-refractivity contribution is 0.637. The second kappa shape index (κ2) is 4.20. The molecule has 70 valence electrons. The van der Waals surface area contributed by atoms with E-state index in [9.17, 15) is 0 Å². The summed E-state index contributed by atoms with van der Waals surface area (Å²) in [7, 11) is 0. The summed E-state index contributed by atoms with van der Waals surface area (Å²) in [5.41, 5.74) is 1.25. The smallest absolute Gasteiger partial charge is 0.106 e. The van der Waals surface area contributed by atoms with E-state index in [1.165, 1.54) is 18.4 Å². The molecule has 0 aromatic carbocycles. The Kier molecular flexibility index (Phi) is 2.96. The van der Waals surface area contributed by atoms with Gasteiger partial charge in [-0.05, 0) is 52.9 Å². The maximum absolute atomic E-state index is 4.17. The van der Waals surface area contributed by atoms with Crippen LogP contribution in [-0.2, 0) is 6.54 Å². The first-order valence-corrected chi connectivity index (χ1v) is 5.45. The summed E-state index contributed by atoms with van der Waals surface area (Å²) < 4.78 is 0.901. The van der Waals surface area contributed by atoms with Crippen molar-refractivity contribution < 1.29 is 0 Å². The maximum atomic E-state index is 4.17. The van der Waals surface area contributed by atoms with Crippen molar-refractivity contribution in [3.63, 3.8) is 0 Å². The van der Waals surface area contributed by atoms with E-state index in [4.69, 9.17) is 0 Å². The Morgan fingerprint density at radius 3 is 2.92 bits per heavy atom. The van der Waals surface area contributed by atoms with Crippen LogP contribution in [0.4, 0.5) is 0 Å². The molecule has 0 amide bonds. The highest BCUT2D eigenvalue weighted by Crippen LogP contribution is 2.27. The first-order chi connectivity index (χ1) is 6.34. The predicted octanol–water partition coefficient (Wildman–Crippen LogP) is 2.34. The topological polar surface area (TPSA) is 24.9 Å². The van der Waals surface area contributed by atoms with Gasteiger partial charge in [0.2, 0.25) is 0 Å². The molecule has 0 radical (unpaired) electrons. The summed E-state index contributed by atoms with van der Waals surface area (Å²) in [4.78, 5) is 4.17. The van der Waals surface area contributed by atoms with Crippen LogP contribution in [0.15, 0.2) is 22.9 Å². The first kappa shape index (κ1) is 9.16. The van der Waals surface area contributed by atoms with E-state index in [1.54, 1.807) is 0 Å². The molecule has 0 bridgehead atoms. The standard InChI is InChI=1S/C10H13BrN2/c11-10-4-3-9(7-13-10)6-12-5-8-1-2-8/h3-4,7-8,12H,1-2,5-6H2. The summed E-state index contributed by atoms with van der Waals surface area (Å²) in [6.45, 7) is 2.10. The number of aromatic nitrogens is 1. The minimum atomic E-state index is 0.901. The largest absolute Gasteiger partial charge is 0.312 e. The zero-order chi connectivity index (χ0) is 9.10. The quantitative estimate of drug-likeness (QED) is 0.818. The first-order valence-electron chi connectivity index (χ1n) is 4.66. The monoisotopic (exact) mass is 240 g/mol. The van der Waals surface area contributed by atoms with Crippen molar-refractivity contribution in [2.45, 2.75) is 19.4 Å². The molecule has 0 spiro atoms. The van der Waals surface area contributed by atoms with Gasteiger partial charge in [0, 0.05) is 12.7 Å². The molecule has 0 unspecified atom stereocenters. The van der Waals surface area contributed by atoms with Crippen LogP contribution in [0.3, 0.4) is 0 Å². The molecule has 1 aromatic heterocycles. The molecule has 1 saturated carbocycles. The van der Waals surface area contributed by atoms with Crippen LogP contribution >= 0.6 is 15.9 Å². The number of pyridine rings is 1. The van der Waals surface area contributed by atoms with Gasteiger partial charge in [0.15, 0.2) is 0 Å². The molecule has 0 atom stereocenters. The molecule has 2 rings (SSSR count). The SMILES string of the molecule is Brc1ccc(CNCC2CC2)cn1. The van der Waals surface area contributed by atoms with Gasteiger partial charge in [-0.1, -0.05) is 6.07 Å². The van der Waals surface area contributed by atoms with E-state index in [1.807, 2.05) is 12.3 Å². The van der Waals surface area contributed by atoms with Gasteiger partial charge in [0.25, 0.3) is 0 Å². The summed E-state index contributed by atoms with van der Waals surface area (Å²) in [5, 5.41) is 3.43. The number of hydrogen-bond acceptors (Lipinski definition) is 2. The van der Waals surface area contributed by atoms with Gasteiger partial charge in [-0.15, -0.1) is 0 Å².